The zero-order chi connectivity index (χ0) is 15.3. The first-order valence-electron chi connectivity index (χ1n) is 7.57. The van der Waals surface area contributed by atoms with Gasteiger partial charge in [-0.1, -0.05) is 26.0 Å². The van der Waals surface area contributed by atoms with Crippen molar-refractivity contribution in [1.82, 2.24) is 14.9 Å². The van der Waals surface area contributed by atoms with Gasteiger partial charge in [0.2, 0.25) is 5.91 Å². The number of benzene rings is 1. The number of para-hydroxylation sites is 2. The van der Waals surface area contributed by atoms with Crippen LogP contribution in [0.5, 0.6) is 0 Å². The monoisotopic (exact) mass is 288 g/mol. The van der Waals surface area contributed by atoms with Crippen molar-refractivity contribution >= 4 is 16.9 Å². The molecule has 0 radical (unpaired) electrons. The summed E-state index contributed by atoms with van der Waals surface area (Å²) in [5.41, 5.74) is 7.45. The Hall–Kier alpha value is -1.88. The molecule has 0 saturated carbocycles. The maximum atomic E-state index is 12.0. The molecule has 5 heteroatoms. The van der Waals surface area contributed by atoms with Gasteiger partial charge in [0.1, 0.15) is 0 Å². The van der Waals surface area contributed by atoms with Crippen molar-refractivity contribution in [3.63, 3.8) is 0 Å². The van der Waals surface area contributed by atoms with Crippen LogP contribution in [0, 0.1) is 0 Å². The highest BCUT2D eigenvalue weighted by Crippen LogP contribution is 2.13. The van der Waals surface area contributed by atoms with Crippen LogP contribution < -0.4 is 11.1 Å². The number of fused-ring (bicyclic) bond motifs is 1. The number of hydrogen-bond acceptors (Lipinski definition) is 3. The first-order chi connectivity index (χ1) is 10.1. The third-order valence-corrected chi connectivity index (χ3v) is 4.10. The Balaban J connectivity index is 1.84. The normalized spacial score (nSPS) is 11.8. The number of aryl methyl sites for hydroxylation is 1. The van der Waals surface area contributed by atoms with Crippen LogP contribution in [0.3, 0.4) is 0 Å². The number of carbonyl (C=O) groups excluding carboxylic acids is 1. The van der Waals surface area contributed by atoms with Crippen molar-refractivity contribution in [2.45, 2.75) is 45.2 Å². The number of aromatic nitrogens is 2. The molecule has 0 aliphatic heterocycles. The third-order valence-electron chi connectivity index (χ3n) is 4.10. The summed E-state index contributed by atoms with van der Waals surface area (Å²) in [6, 6.07) is 8.04. The van der Waals surface area contributed by atoms with Crippen LogP contribution >= 0.6 is 0 Å². The molecule has 3 N–H and O–H groups in total. The van der Waals surface area contributed by atoms with E-state index in [1.54, 1.807) is 0 Å². The second-order valence-corrected chi connectivity index (χ2v) is 5.40. The average Bonchev–Trinajstić information content (AvgIpc) is 2.93. The Kier molecular flexibility index (Phi) is 4.96. The van der Waals surface area contributed by atoms with Gasteiger partial charge in [-0.25, -0.2) is 4.98 Å². The van der Waals surface area contributed by atoms with Gasteiger partial charge in [0.15, 0.2) is 0 Å². The Bertz CT molecular complexity index is 601. The zero-order valence-corrected chi connectivity index (χ0v) is 12.8. The standard InChI is InChI=1S/C16H24N4O/c1-3-16(17,4-2)15(21)18-10-7-11-20-12-19-13-8-5-6-9-14(13)20/h5-6,8-9,12H,3-4,7,10-11,17H2,1-2H3,(H,18,21). The number of nitrogens with two attached hydrogens (primary N) is 1. The van der Waals surface area contributed by atoms with Crippen LogP contribution in [0.1, 0.15) is 33.1 Å². The molecule has 2 aromatic rings. The van der Waals surface area contributed by atoms with Crippen molar-refractivity contribution < 1.29 is 4.79 Å². The highest BCUT2D eigenvalue weighted by Gasteiger charge is 2.29. The van der Waals surface area contributed by atoms with Crippen LogP contribution in [-0.4, -0.2) is 27.5 Å². The Morgan fingerprint density at radius 1 is 1.33 bits per heavy atom. The fourth-order valence-electron chi connectivity index (χ4n) is 2.39. The summed E-state index contributed by atoms with van der Waals surface area (Å²) in [6.07, 6.45) is 4.01. The molecule has 0 atom stereocenters. The highest BCUT2D eigenvalue weighted by atomic mass is 16.2. The Morgan fingerprint density at radius 3 is 2.76 bits per heavy atom. The molecular formula is C16H24N4O. The first-order valence-corrected chi connectivity index (χ1v) is 7.57. The topological polar surface area (TPSA) is 72.9 Å². The molecule has 1 aromatic heterocycles. The van der Waals surface area contributed by atoms with E-state index in [2.05, 4.69) is 20.9 Å². The number of amides is 1. The SMILES string of the molecule is CCC(N)(CC)C(=O)NCCCn1cnc2ccccc21. The maximum Gasteiger partial charge on any atom is 0.240 e. The van der Waals surface area contributed by atoms with E-state index in [1.807, 2.05) is 38.4 Å². The molecule has 5 nitrogen and oxygen atoms in total. The van der Waals surface area contributed by atoms with E-state index in [0.29, 0.717) is 19.4 Å². The minimum absolute atomic E-state index is 0.0528. The molecule has 0 fully saturated rings. The van der Waals surface area contributed by atoms with E-state index >= 15 is 0 Å². The average molecular weight is 288 g/mol. The van der Waals surface area contributed by atoms with Crippen LogP contribution in [0.4, 0.5) is 0 Å². The van der Waals surface area contributed by atoms with E-state index in [1.165, 1.54) is 0 Å². The fourth-order valence-corrected chi connectivity index (χ4v) is 2.39. The van der Waals surface area contributed by atoms with Gasteiger partial charge in [0.05, 0.1) is 22.9 Å². The number of imidazole rings is 1. The predicted octanol–water partition coefficient (Wildman–Crippen LogP) is 2.06. The summed E-state index contributed by atoms with van der Waals surface area (Å²) in [5, 5.41) is 2.94. The minimum atomic E-state index is -0.734. The summed E-state index contributed by atoms with van der Waals surface area (Å²) >= 11 is 0. The van der Waals surface area contributed by atoms with Gasteiger partial charge in [0, 0.05) is 13.1 Å². The lowest BCUT2D eigenvalue weighted by molar-refractivity contribution is -0.126. The molecule has 0 bridgehead atoms. The van der Waals surface area contributed by atoms with Crippen molar-refractivity contribution in [2.24, 2.45) is 5.73 Å². The maximum absolute atomic E-state index is 12.0. The van der Waals surface area contributed by atoms with Crippen LogP contribution in [0.25, 0.3) is 11.0 Å². The number of hydrogen-bond donors (Lipinski definition) is 2. The number of carbonyl (C=O) groups is 1. The zero-order valence-electron chi connectivity index (χ0n) is 12.8. The molecule has 21 heavy (non-hydrogen) atoms. The number of rotatable bonds is 7. The lowest BCUT2D eigenvalue weighted by atomic mass is 9.93. The van der Waals surface area contributed by atoms with Gasteiger partial charge in [-0.15, -0.1) is 0 Å². The highest BCUT2D eigenvalue weighted by molar-refractivity contribution is 5.85. The molecular weight excluding hydrogens is 264 g/mol. The van der Waals surface area contributed by atoms with Gasteiger partial charge in [-0.05, 0) is 31.4 Å². The molecule has 1 heterocycles. The third kappa shape index (κ3) is 3.42. The van der Waals surface area contributed by atoms with Crippen molar-refractivity contribution in [3.8, 4) is 0 Å². The van der Waals surface area contributed by atoms with E-state index in [4.69, 9.17) is 5.73 Å². The molecule has 0 spiro atoms. The lowest BCUT2D eigenvalue weighted by Gasteiger charge is -2.25. The minimum Gasteiger partial charge on any atom is -0.354 e. The summed E-state index contributed by atoms with van der Waals surface area (Å²) in [5.74, 6) is -0.0528. The summed E-state index contributed by atoms with van der Waals surface area (Å²) < 4.78 is 2.11. The molecule has 1 amide bonds. The van der Waals surface area contributed by atoms with Crippen LogP contribution in [-0.2, 0) is 11.3 Å². The predicted molar refractivity (Wildman–Crippen MR) is 84.9 cm³/mol. The molecule has 1 aromatic carbocycles. The van der Waals surface area contributed by atoms with Gasteiger partial charge in [-0.2, -0.15) is 0 Å². The summed E-state index contributed by atoms with van der Waals surface area (Å²) in [6.45, 7) is 5.35. The Morgan fingerprint density at radius 2 is 2.05 bits per heavy atom. The van der Waals surface area contributed by atoms with Crippen molar-refractivity contribution in [1.29, 1.82) is 0 Å². The number of nitrogens with zero attached hydrogens (tertiary/aromatic N) is 2. The largest absolute Gasteiger partial charge is 0.354 e. The van der Waals surface area contributed by atoms with Gasteiger partial charge in [-0.3, -0.25) is 4.79 Å². The van der Waals surface area contributed by atoms with Crippen LogP contribution in [0.2, 0.25) is 0 Å². The van der Waals surface area contributed by atoms with E-state index in [9.17, 15) is 4.79 Å². The van der Waals surface area contributed by atoms with Gasteiger partial charge in [0.25, 0.3) is 0 Å². The van der Waals surface area contributed by atoms with E-state index in [-0.39, 0.29) is 5.91 Å². The number of nitrogens with one attached hydrogen (secondary N) is 1. The summed E-state index contributed by atoms with van der Waals surface area (Å²) in [7, 11) is 0. The second-order valence-electron chi connectivity index (χ2n) is 5.40. The first kappa shape index (κ1) is 15.5. The molecule has 0 unspecified atom stereocenters. The lowest BCUT2D eigenvalue weighted by Crippen LogP contribution is -2.53. The molecule has 0 saturated heterocycles. The van der Waals surface area contributed by atoms with E-state index in [0.717, 1.165) is 24.0 Å². The molecule has 0 aliphatic carbocycles. The van der Waals surface area contributed by atoms with Crippen molar-refractivity contribution in [3.05, 3.63) is 30.6 Å². The second kappa shape index (κ2) is 6.72. The Labute approximate surface area is 125 Å². The van der Waals surface area contributed by atoms with Crippen LogP contribution in [0.15, 0.2) is 30.6 Å². The molecule has 114 valence electrons. The molecule has 2 rings (SSSR count). The quantitative estimate of drug-likeness (QED) is 0.766. The van der Waals surface area contributed by atoms with E-state index < -0.39 is 5.54 Å². The smallest absolute Gasteiger partial charge is 0.240 e. The fraction of sp³-hybridized carbons (Fsp3) is 0.500. The summed E-state index contributed by atoms with van der Waals surface area (Å²) in [4.78, 5) is 16.4. The van der Waals surface area contributed by atoms with Crippen molar-refractivity contribution in [2.75, 3.05) is 6.54 Å². The molecule has 0 aliphatic rings. The van der Waals surface area contributed by atoms with Gasteiger partial charge >= 0.3 is 0 Å². The van der Waals surface area contributed by atoms with Gasteiger partial charge < -0.3 is 15.6 Å².